The van der Waals surface area contributed by atoms with Gasteiger partial charge in [-0.05, 0) is 24.8 Å². The third-order valence-corrected chi connectivity index (χ3v) is 2.88. The smallest absolute Gasteiger partial charge is 0.224 e. The highest BCUT2D eigenvalue weighted by Gasteiger charge is 2.06. The molecule has 0 saturated carbocycles. The Bertz CT molecular complexity index is 534. The topological polar surface area (TPSA) is 35.0 Å². The number of hydrogen-bond donors (Lipinski definition) is 0. The molecule has 0 spiro atoms. The molecule has 0 atom stereocenters. The van der Waals surface area contributed by atoms with Crippen molar-refractivity contribution in [2.75, 3.05) is 6.26 Å². The first-order valence-corrected chi connectivity index (χ1v) is 6.61. The zero-order valence-corrected chi connectivity index (χ0v) is 11.0. The summed E-state index contributed by atoms with van der Waals surface area (Å²) in [6.45, 7) is 1.98. The summed E-state index contributed by atoms with van der Waals surface area (Å²) in [4.78, 5) is 8.29. The zero-order valence-electron chi connectivity index (χ0n) is 9.48. The Morgan fingerprint density at radius 3 is 2.71 bits per heavy atom. The molecule has 0 unspecified atom stereocenters. The lowest BCUT2D eigenvalue weighted by Gasteiger charge is -2.08. The minimum absolute atomic E-state index is 0.382. The normalized spacial score (nSPS) is 10.3. The van der Waals surface area contributed by atoms with Crippen molar-refractivity contribution in [3.8, 4) is 11.6 Å². The molecule has 0 N–H and O–H groups in total. The van der Waals surface area contributed by atoms with Crippen molar-refractivity contribution in [1.29, 1.82) is 0 Å². The van der Waals surface area contributed by atoms with Crippen molar-refractivity contribution < 1.29 is 4.74 Å². The Balaban J connectivity index is 2.30. The van der Waals surface area contributed by atoms with E-state index >= 15 is 0 Å². The second kappa shape index (κ2) is 5.38. The molecule has 3 nitrogen and oxygen atoms in total. The van der Waals surface area contributed by atoms with Gasteiger partial charge in [0.1, 0.15) is 10.9 Å². The number of aromatic nitrogens is 2. The molecule has 2 rings (SSSR count). The van der Waals surface area contributed by atoms with Crippen molar-refractivity contribution in [2.24, 2.45) is 0 Å². The van der Waals surface area contributed by atoms with Gasteiger partial charge in [0.05, 0.1) is 0 Å². The molecule has 17 heavy (non-hydrogen) atoms. The van der Waals surface area contributed by atoms with Gasteiger partial charge in [-0.1, -0.05) is 41.6 Å². The maximum atomic E-state index is 5.89. The maximum absolute atomic E-state index is 5.89. The number of thioether (sulfide) groups is 1. The van der Waals surface area contributed by atoms with Gasteiger partial charge in [-0.25, -0.2) is 4.98 Å². The lowest BCUT2D eigenvalue weighted by atomic mass is 10.2. The van der Waals surface area contributed by atoms with E-state index in [-0.39, 0.29) is 0 Å². The second-order valence-electron chi connectivity index (χ2n) is 3.38. The molecule has 0 aliphatic heterocycles. The molecule has 0 aliphatic carbocycles. The van der Waals surface area contributed by atoms with Crippen LogP contribution in [0.25, 0.3) is 0 Å². The first-order valence-electron chi connectivity index (χ1n) is 5.01. The fraction of sp³-hybridized carbons (Fsp3) is 0.167. The highest BCUT2D eigenvalue weighted by atomic mass is 35.5. The fourth-order valence-electron chi connectivity index (χ4n) is 1.30. The van der Waals surface area contributed by atoms with Crippen molar-refractivity contribution in [3.05, 3.63) is 41.0 Å². The van der Waals surface area contributed by atoms with Crippen molar-refractivity contribution in [1.82, 2.24) is 9.97 Å². The number of ether oxygens (including phenoxy) is 1. The standard InChI is InChI=1S/C12H11ClN2OS/c1-8-5-3-4-6-9(8)16-11-7-10(13)14-12(15-11)17-2/h3-7H,1-2H3. The molecule has 2 aromatic rings. The van der Waals surface area contributed by atoms with E-state index in [0.29, 0.717) is 16.2 Å². The minimum atomic E-state index is 0.382. The van der Waals surface area contributed by atoms with E-state index in [1.807, 2.05) is 37.4 Å². The molecule has 0 radical (unpaired) electrons. The number of benzene rings is 1. The van der Waals surface area contributed by atoms with E-state index < -0.39 is 0 Å². The molecule has 0 bridgehead atoms. The lowest BCUT2D eigenvalue weighted by molar-refractivity contribution is 0.452. The van der Waals surface area contributed by atoms with Gasteiger partial charge in [0.25, 0.3) is 0 Å². The van der Waals surface area contributed by atoms with Gasteiger partial charge in [-0.15, -0.1) is 0 Å². The third-order valence-electron chi connectivity index (χ3n) is 2.14. The lowest BCUT2D eigenvalue weighted by Crippen LogP contribution is -1.93. The number of rotatable bonds is 3. The predicted molar refractivity (Wildman–Crippen MR) is 70.1 cm³/mol. The minimum Gasteiger partial charge on any atom is -0.439 e. The number of hydrogen-bond acceptors (Lipinski definition) is 4. The molecule has 0 aliphatic rings. The largest absolute Gasteiger partial charge is 0.439 e. The van der Waals surface area contributed by atoms with Crippen LogP contribution in [-0.2, 0) is 0 Å². The van der Waals surface area contributed by atoms with Crippen molar-refractivity contribution in [3.63, 3.8) is 0 Å². The number of aryl methyl sites for hydroxylation is 1. The van der Waals surface area contributed by atoms with Gasteiger partial charge in [0, 0.05) is 6.07 Å². The second-order valence-corrected chi connectivity index (χ2v) is 4.54. The van der Waals surface area contributed by atoms with Gasteiger partial charge in [-0.2, -0.15) is 4.98 Å². The Morgan fingerprint density at radius 1 is 1.24 bits per heavy atom. The predicted octanol–water partition coefficient (Wildman–Crippen LogP) is 3.95. The molecule has 1 heterocycles. The average Bonchev–Trinajstić information content (AvgIpc) is 2.31. The van der Waals surface area contributed by atoms with Crippen LogP contribution in [0, 0.1) is 6.92 Å². The van der Waals surface area contributed by atoms with Gasteiger partial charge >= 0.3 is 0 Å². The maximum Gasteiger partial charge on any atom is 0.224 e. The summed E-state index contributed by atoms with van der Waals surface area (Å²) < 4.78 is 5.68. The van der Waals surface area contributed by atoms with E-state index in [2.05, 4.69) is 9.97 Å². The van der Waals surface area contributed by atoms with Crippen LogP contribution < -0.4 is 4.74 Å². The van der Waals surface area contributed by atoms with E-state index in [4.69, 9.17) is 16.3 Å². The molecule has 5 heteroatoms. The van der Waals surface area contributed by atoms with Crippen molar-refractivity contribution >= 4 is 23.4 Å². The SMILES string of the molecule is CSc1nc(Cl)cc(Oc2ccccc2C)n1. The summed E-state index contributed by atoms with van der Waals surface area (Å²) >= 11 is 7.32. The molecule has 1 aromatic carbocycles. The van der Waals surface area contributed by atoms with Crippen LogP contribution in [0.2, 0.25) is 5.15 Å². The highest BCUT2D eigenvalue weighted by Crippen LogP contribution is 2.26. The van der Waals surface area contributed by atoms with Gasteiger partial charge in [0.2, 0.25) is 5.88 Å². The summed E-state index contributed by atoms with van der Waals surface area (Å²) in [5.41, 5.74) is 1.05. The first kappa shape index (κ1) is 12.2. The third kappa shape index (κ3) is 3.11. The quantitative estimate of drug-likeness (QED) is 0.479. The zero-order chi connectivity index (χ0) is 12.3. The summed E-state index contributed by atoms with van der Waals surface area (Å²) in [7, 11) is 0. The van der Waals surface area contributed by atoms with Crippen LogP contribution in [0.1, 0.15) is 5.56 Å². The Morgan fingerprint density at radius 2 is 2.00 bits per heavy atom. The molecule has 0 amide bonds. The number of nitrogens with zero attached hydrogens (tertiary/aromatic N) is 2. The Kier molecular flexibility index (Phi) is 3.86. The van der Waals surface area contributed by atoms with Gasteiger partial charge in [-0.3, -0.25) is 0 Å². The van der Waals surface area contributed by atoms with Crippen LogP contribution in [0.5, 0.6) is 11.6 Å². The van der Waals surface area contributed by atoms with E-state index in [0.717, 1.165) is 11.3 Å². The van der Waals surface area contributed by atoms with Crippen LogP contribution in [0.3, 0.4) is 0 Å². The van der Waals surface area contributed by atoms with Gasteiger partial charge < -0.3 is 4.74 Å². The number of halogens is 1. The summed E-state index contributed by atoms with van der Waals surface area (Å²) in [5, 5.41) is 0.981. The Labute approximate surface area is 109 Å². The van der Waals surface area contributed by atoms with Crippen LogP contribution in [0.4, 0.5) is 0 Å². The molecule has 0 fully saturated rings. The Hall–Kier alpha value is -1.26. The van der Waals surface area contributed by atoms with Crippen LogP contribution in [-0.4, -0.2) is 16.2 Å². The van der Waals surface area contributed by atoms with Gasteiger partial charge in [0.15, 0.2) is 5.16 Å². The van der Waals surface area contributed by atoms with Crippen molar-refractivity contribution in [2.45, 2.75) is 12.1 Å². The molecule has 88 valence electrons. The van der Waals surface area contributed by atoms with Crippen LogP contribution in [0.15, 0.2) is 35.5 Å². The summed E-state index contributed by atoms with van der Waals surface area (Å²) in [6.07, 6.45) is 1.89. The first-order chi connectivity index (χ1) is 8.19. The van der Waals surface area contributed by atoms with E-state index in [1.54, 1.807) is 6.07 Å². The fourth-order valence-corrected chi connectivity index (χ4v) is 1.90. The van der Waals surface area contributed by atoms with E-state index in [9.17, 15) is 0 Å². The molecule has 0 saturated heterocycles. The monoisotopic (exact) mass is 266 g/mol. The summed E-state index contributed by atoms with van der Waals surface area (Å²) in [6, 6.07) is 9.36. The average molecular weight is 267 g/mol. The van der Waals surface area contributed by atoms with Crippen LogP contribution >= 0.6 is 23.4 Å². The molecule has 1 aromatic heterocycles. The highest BCUT2D eigenvalue weighted by molar-refractivity contribution is 7.98. The molecular formula is C12H11ClN2OS. The van der Waals surface area contributed by atoms with E-state index in [1.165, 1.54) is 11.8 Å². The number of para-hydroxylation sites is 1. The summed E-state index contributed by atoms with van der Waals surface area (Å²) in [5.74, 6) is 1.23. The molecular weight excluding hydrogens is 256 g/mol.